The van der Waals surface area contributed by atoms with E-state index in [0.29, 0.717) is 5.69 Å². The predicted molar refractivity (Wildman–Crippen MR) is 51.3 cm³/mol. The number of nitrogens with zero attached hydrogens (tertiary/aromatic N) is 4. The van der Waals surface area contributed by atoms with Gasteiger partial charge < -0.3 is 5.11 Å². The number of hydrogen-bond acceptors (Lipinski definition) is 4. The highest BCUT2D eigenvalue weighted by atomic mass is 16.4. The highest BCUT2D eigenvalue weighted by Gasteiger charge is 2.28. The van der Waals surface area contributed by atoms with Crippen molar-refractivity contribution < 1.29 is 9.90 Å². The molecule has 6 heteroatoms. The molecule has 0 spiro atoms. The number of hydrogen-bond donors (Lipinski definition) is 1. The lowest BCUT2D eigenvalue weighted by Crippen LogP contribution is -2.21. The van der Waals surface area contributed by atoms with Crippen LogP contribution in [-0.2, 0) is 12.0 Å². The molecule has 0 saturated heterocycles. The lowest BCUT2D eigenvalue weighted by molar-refractivity contribution is 0.0687. The number of carbonyl (C=O) groups is 1. The lowest BCUT2D eigenvalue weighted by atomic mass is 9.90. The third kappa shape index (κ3) is 2.13. The first-order chi connectivity index (χ1) is 6.88. The number of nitriles is 1. The second kappa shape index (κ2) is 3.69. The second-order valence-corrected chi connectivity index (χ2v) is 4.16. The molecule has 80 valence electrons. The minimum Gasteiger partial charge on any atom is -0.476 e. The zero-order valence-corrected chi connectivity index (χ0v) is 8.85. The van der Waals surface area contributed by atoms with Gasteiger partial charge in [0.2, 0.25) is 0 Å². The summed E-state index contributed by atoms with van der Waals surface area (Å²) >= 11 is 0. The van der Waals surface area contributed by atoms with Crippen molar-refractivity contribution >= 4 is 5.97 Å². The zero-order chi connectivity index (χ0) is 11.6. The van der Waals surface area contributed by atoms with Gasteiger partial charge in [-0.3, -0.25) is 0 Å². The Morgan fingerprint density at radius 3 is 2.60 bits per heavy atom. The lowest BCUT2D eigenvalue weighted by Gasteiger charge is -2.19. The Morgan fingerprint density at radius 1 is 1.60 bits per heavy atom. The Hall–Kier alpha value is -1.90. The highest BCUT2D eigenvalue weighted by molar-refractivity contribution is 5.86. The Labute approximate surface area is 87.1 Å². The van der Waals surface area contributed by atoms with Crippen LogP contribution in [0.25, 0.3) is 0 Å². The first-order valence-corrected chi connectivity index (χ1v) is 4.42. The van der Waals surface area contributed by atoms with E-state index in [1.165, 1.54) is 4.68 Å². The highest BCUT2D eigenvalue weighted by Crippen LogP contribution is 2.24. The summed E-state index contributed by atoms with van der Waals surface area (Å²) in [6.07, 6.45) is 0. The SMILES string of the molecule is CC(C)(C)c1c(C(=O)O)nnn1CC#N. The number of carboxylic acids is 1. The van der Waals surface area contributed by atoms with Crippen LogP contribution < -0.4 is 0 Å². The van der Waals surface area contributed by atoms with E-state index in [4.69, 9.17) is 10.4 Å². The average molecular weight is 208 g/mol. The van der Waals surface area contributed by atoms with Gasteiger partial charge in [-0.25, -0.2) is 9.48 Å². The van der Waals surface area contributed by atoms with Crippen molar-refractivity contribution in [3.63, 3.8) is 0 Å². The van der Waals surface area contributed by atoms with Crippen molar-refractivity contribution in [1.29, 1.82) is 5.26 Å². The molecule has 15 heavy (non-hydrogen) atoms. The molecule has 0 unspecified atom stereocenters. The molecule has 1 aromatic rings. The molecule has 0 radical (unpaired) electrons. The van der Waals surface area contributed by atoms with E-state index in [1.807, 2.05) is 26.8 Å². The zero-order valence-electron chi connectivity index (χ0n) is 8.85. The van der Waals surface area contributed by atoms with E-state index in [1.54, 1.807) is 0 Å². The molecule has 0 aliphatic heterocycles. The summed E-state index contributed by atoms with van der Waals surface area (Å²) in [5, 5.41) is 24.7. The molecule has 0 fully saturated rings. The van der Waals surface area contributed by atoms with Gasteiger partial charge in [-0.2, -0.15) is 5.26 Å². The maximum absolute atomic E-state index is 10.9. The third-order valence-corrected chi connectivity index (χ3v) is 1.87. The third-order valence-electron chi connectivity index (χ3n) is 1.87. The molecule has 1 rings (SSSR count). The summed E-state index contributed by atoms with van der Waals surface area (Å²) in [4.78, 5) is 10.9. The summed E-state index contributed by atoms with van der Waals surface area (Å²) in [5.74, 6) is -1.12. The molecule has 1 aromatic heterocycles. The van der Waals surface area contributed by atoms with E-state index < -0.39 is 11.4 Å². The monoisotopic (exact) mass is 208 g/mol. The smallest absolute Gasteiger partial charge is 0.358 e. The van der Waals surface area contributed by atoms with Crippen molar-refractivity contribution in [3.05, 3.63) is 11.4 Å². The Kier molecular flexibility index (Phi) is 2.75. The first kappa shape index (κ1) is 11.2. The molecule has 1 N–H and O–H groups in total. The van der Waals surface area contributed by atoms with Crippen molar-refractivity contribution in [3.8, 4) is 6.07 Å². The van der Waals surface area contributed by atoms with Gasteiger partial charge in [-0.15, -0.1) is 5.10 Å². The van der Waals surface area contributed by atoms with Gasteiger partial charge in [0.25, 0.3) is 0 Å². The van der Waals surface area contributed by atoms with Crippen molar-refractivity contribution in [2.45, 2.75) is 32.7 Å². The normalized spacial score (nSPS) is 11.1. The molecular formula is C9H12N4O2. The molecule has 0 aromatic carbocycles. The van der Waals surface area contributed by atoms with Crippen molar-refractivity contribution in [2.75, 3.05) is 0 Å². The minimum absolute atomic E-state index is 0.00683. The van der Waals surface area contributed by atoms with Crippen LogP contribution in [0.3, 0.4) is 0 Å². The van der Waals surface area contributed by atoms with Crippen LogP contribution in [0.2, 0.25) is 0 Å². The van der Waals surface area contributed by atoms with Gasteiger partial charge in [-0.1, -0.05) is 26.0 Å². The number of rotatable bonds is 2. The average Bonchev–Trinajstić information content (AvgIpc) is 2.47. The Bertz CT molecular complexity index is 422. The van der Waals surface area contributed by atoms with Gasteiger partial charge in [0.1, 0.15) is 6.54 Å². The van der Waals surface area contributed by atoms with Crippen LogP contribution in [0.15, 0.2) is 0 Å². The quantitative estimate of drug-likeness (QED) is 0.775. The standard InChI is InChI=1S/C9H12N4O2/c1-9(2,3)7-6(8(14)15)11-12-13(7)5-4-10/h5H2,1-3H3,(H,14,15). The number of aromatic nitrogens is 3. The Morgan fingerprint density at radius 2 is 2.20 bits per heavy atom. The van der Waals surface area contributed by atoms with E-state index >= 15 is 0 Å². The largest absolute Gasteiger partial charge is 0.476 e. The van der Waals surface area contributed by atoms with Crippen LogP contribution in [0.4, 0.5) is 0 Å². The predicted octanol–water partition coefficient (Wildman–Crippen LogP) is 0.797. The fraction of sp³-hybridized carbons (Fsp3) is 0.556. The molecule has 1 heterocycles. The fourth-order valence-electron chi connectivity index (χ4n) is 1.38. The molecule has 0 amide bonds. The van der Waals surface area contributed by atoms with Gasteiger partial charge in [0.15, 0.2) is 5.69 Å². The molecule has 0 bridgehead atoms. The minimum atomic E-state index is -1.12. The maximum atomic E-state index is 10.9. The summed E-state index contributed by atoms with van der Waals surface area (Å²) in [5.41, 5.74) is -0.0250. The summed E-state index contributed by atoms with van der Waals surface area (Å²) in [6, 6.07) is 1.92. The van der Waals surface area contributed by atoms with Gasteiger partial charge in [-0.05, 0) is 0 Å². The summed E-state index contributed by atoms with van der Waals surface area (Å²) < 4.78 is 1.32. The summed E-state index contributed by atoms with van der Waals surface area (Å²) in [6.45, 7) is 5.57. The van der Waals surface area contributed by atoms with Gasteiger partial charge in [0, 0.05) is 5.41 Å². The molecule has 0 saturated carbocycles. The maximum Gasteiger partial charge on any atom is 0.358 e. The fourth-order valence-corrected chi connectivity index (χ4v) is 1.38. The molecule has 6 nitrogen and oxygen atoms in total. The number of carboxylic acid groups (broad SMARTS) is 1. The van der Waals surface area contributed by atoms with E-state index in [-0.39, 0.29) is 12.2 Å². The topological polar surface area (TPSA) is 91.8 Å². The van der Waals surface area contributed by atoms with Crippen LogP contribution in [0.1, 0.15) is 37.0 Å². The van der Waals surface area contributed by atoms with Crippen LogP contribution in [0.5, 0.6) is 0 Å². The molecular weight excluding hydrogens is 196 g/mol. The first-order valence-electron chi connectivity index (χ1n) is 4.42. The van der Waals surface area contributed by atoms with Crippen molar-refractivity contribution in [1.82, 2.24) is 15.0 Å². The number of aromatic carboxylic acids is 1. The van der Waals surface area contributed by atoms with Gasteiger partial charge in [0.05, 0.1) is 11.8 Å². The van der Waals surface area contributed by atoms with Crippen LogP contribution in [-0.4, -0.2) is 26.1 Å². The molecule has 0 aliphatic rings. The molecule has 0 atom stereocenters. The van der Waals surface area contributed by atoms with E-state index in [9.17, 15) is 4.79 Å². The van der Waals surface area contributed by atoms with E-state index in [2.05, 4.69) is 10.3 Å². The Balaban J connectivity index is 3.34. The summed E-state index contributed by atoms with van der Waals surface area (Å²) in [7, 11) is 0. The van der Waals surface area contributed by atoms with Crippen LogP contribution in [0, 0.1) is 11.3 Å². The molecule has 0 aliphatic carbocycles. The second-order valence-electron chi connectivity index (χ2n) is 4.16. The van der Waals surface area contributed by atoms with E-state index in [0.717, 1.165) is 0 Å². The van der Waals surface area contributed by atoms with Gasteiger partial charge >= 0.3 is 5.97 Å². The van der Waals surface area contributed by atoms with Crippen LogP contribution >= 0.6 is 0 Å². The van der Waals surface area contributed by atoms with Crippen molar-refractivity contribution in [2.24, 2.45) is 0 Å².